The van der Waals surface area contributed by atoms with Gasteiger partial charge in [-0.15, -0.1) is 0 Å². The third-order valence-electron chi connectivity index (χ3n) is 8.29. The van der Waals surface area contributed by atoms with Gasteiger partial charge in [-0.3, -0.25) is 9.59 Å². The van der Waals surface area contributed by atoms with Crippen molar-refractivity contribution in [3.8, 4) is 0 Å². The maximum absolute atomic E-state index is 13.8. The van der Waals surface area contributed by atoms with Gasteiger partial charge in [0.05, 0.1) is 17.7 Å². The number of carbonyl (C=O) groups is 2. The number of hydrogen-bond acceptors (Lipinski definition) is 7. The van der Waals surface area contributed by atoms with Crippen LogP contribution in [0.4, 0.5) is 5.82 Å². The molecule has 5 rings (SSSR count). The third-order valence-corrected chi connectivity index (χ3v) is 8.54. The molecule has 3 heterocycles. The average Bonchev–Trinajstić information content (AvgIpc) is 3.23. The Morgan fingerprint density at radius 1 is 1.05 bits per heavy atom. The number of fused-ring (bicyclic) bond motifs is 1. The molecule has 0 bridgehead atoms. The summed E-state index contributed by atoms with van der Waals surface area (Å²) in [4.78, 5) is 40.5. The van der Waals surface area contributed by atoms with Gasteiger partial charge in [-0.1, -0.05) is 30.7 Å². The monoisotopic (exact) mass is 540 g/mol. The number of amides is 2. The number of aliphatic hydroxyl groups is 1. The highest BCUT2D eigenvalue weighted by Gasteiger charge is 2.35. The van der Waals surface area contributed by atoms with Gasteiger partial charge in [0, 0.05) is 69.4 Å². The topological polar surface area (TPSA) is 102 Å². The normalized spacial score (nSPS) is 22.9. The van der Waals surface area contributed by atoms with E-state index in [1.807, 2.05) is 34.1 Å². The van der Waals surface area contributed by atoms with E-state index in [1.54, 1.807) is 6.92 Å². The van der Waals surface area contributed by atoms with Gasteiger partial charge in [0.2, 0.25) is 11.8 Å². The van der Waals surface area contributed by atoms with Gasteiger partial charge in [0.15, 0.2) is 0 Å². The van der Waals surface area contributed by atoms with Crippen molar-refractivity contribution in [2.45, 2.75) is 57.1 Å². The number of aliphatic hydroxyl groups excluding tert-OH is 1. The molecule has 0 spiro atoms. The van der Waals surface area contributed by atoms with Crippen LogP contribution < -0.4 is 10.2 Å². The highest BCUT2D eigenvalue weighted by Crippen LogP contribution is 2.42. The predicted molar refractivity (Wildman–Crippen MR) is 146 cm³/mol. The number of hydrogen-bond donors (Lipinski definition) is 2. The van der Waals surface area contributed by atoms with Gasteiger partial charge >= 0.3 is 0 Å². The van der Waals surface area contributed by atoms with E-state index >= 15 is 0 Å². The fourth-order valence-electron chi connectivity index (χ4n) is 6.04. The Balaban J connectivity index is 1.25. The second-order valence-corrected chi connectivity index (χ2v) is 11.2. The molecule has 2 aromatic rings. The third kappa shape index (κ3) is 5.65. The average molecular weight is 541 g/mol. The number of carbonyl (C=O) groups excluding carboxylic acids is 2. The summed E-state index contributed by atoms with van der Waals surface area (Å²) >= 11 is 6.14. The van der Waals surface area contributed by atoms with Crippen molar-refractivity contribution in [1.82, 2.24) is 25.1 Å². The predicted octanol–water partition coefficient (Wildman–Crippen LogP) is 2.70. The zero-order valence-electron chi connectivity index (χ0n) is 22.1. The molecule has 1 aromatic carbocycles. The number of aromatic nitrogens is 2. The highest BCUT2D eigenvalue weighted by molar-refractivity contribution is 6.30. The Morgan fingerprint density at radius 2 is 1.74 bits per heavy atom. The van der Waals surface area contributed by atoms with Crippen LogP contribution in [-0.2, 0) is 9.59 Å². The van der Waals surface area contributed by atoms with Crippen LogP contribution in [0.1, 0.15) is 67.9 Å². The summed E-state index contributed by atoms with van der Waals surface area (Å²) in [6.45, 7) is 8.34. The number of nitrogens with zero attached hydrogens (tertiary/aromatic N) is 5. The molecule has 3 aliphatic rings. The number of anilines is 1. The summed E-state index contributed by atoms with van der Waals surface area (Å²) in [7, 11) is 0. The van der Waals surface area contributed by atoms with E-state index in [9.17, 15) is 14.7 Å². The molecular weight excluding hydrogens is 504 g/mol. The molecule has 1 aliphatic carbocycles. The van der Waals surface area contributed by atoms with E-state index in [1.165, 1.54) is 6.33 Å². The van der Waals surface area contributed by atoms with Crippen LogP contribution >= 0.6 is 11.6 Å². The smallest absolute Gasteiger partial charge is 0.231 e. The summed E-state index contributed by atoms with van der Waals surface area (Å²) in [6.07, 6.45) is 3.44. The fraction of sp³-hybridized carbons (Fsp3) is 0.571. The summed E-state index contributed by atoms with van der Waals surface area (Å²) in [6, 6.07) is 7.84. The van der Waals surface area contributed by atoms with Crippen molar-refractivity contribution >= 4 is 29.2 Å². The second kappa shape index (κ2) is 11.6. The lowest BCUT2D eigenvalue weighted by Crippen LogP contribution is -2.52. The van der Waals surface area contributed by atoms with E-state index in [4.69, 9.17) is 11.6 Å². The highest BCUT2D eigenvalue weighted by atomic mass is 35.5. The SMILES string of the molecule is CC(=O)N1CCC(NC[C@@H](C(=O)N2CCN(c3ncnc4c3[C@H](C)C[C@H]4O)CC2)c2ccc(Cl)cc2)CC1. The van der Waals surface area contributed by atoms with Gasteiger partial charge < -0.3 is 25.1 Å². The Hall–Kier alpha value is -2.75. The summed E-state index contributed by atoms with van der Waals surface area (Å²) in [5.41, 5.74) is 2.73. The zero-order chi connectivity index (χ0) is 26.8. The van der Waals surface area contributed by atoms with Crippen molar-refractivity contribution in [2.24, 2.45) is 0 Å². The number of likely N-dealkylation sites (tertiary alicyclic amines) is 1. The van der Waals surface area contributed by atoms with E-state index in [2.05, 4.69) is 27.1 Å². The van der Waals surface area contributed by atoms with Crippen molar-refractivity contribution in [3.05, 3.63) is 52.4 Å². The van der Waals surface area contributed by atoms with Gasteiger partial charge in [-0.05, 0) is 42.9 Å². The van der Waals surface area contributed by atoms with Crippen molar-refractivity contribution in [1.29, 1.82) is 0 Å². The molecule has 2 amide bonds. The number of piperidine rings is 1. The van der Waals surface area contributed by atoms with Crippen LogP contribution in [0.15, 0.2) is 30.6 Å². The van der Waals surface area contributed by atoms with E-state index < -0.39 is 6.10 Å². The van der Waals surface area contributed by atoms with Crippen LogP contribution in [0, 0.1) is 0 Å². The molecule has 3 atom stereocenters. The first-order valence-electron chi connectivity index (χ1n) is 13.6. The molecule has 9 nitrogen and oxygen atoms in total. The van der Waals surface area contributed by atoms with Crippen LogP contribution in [-0.4, -0.2) is 88.5 Å². The molecule has 0 radical (unpaired) electrons. The van der Waals surface area contributed by atoms with Gasteiger partial charge in [0.25, 0.3) is 0 Å². The standard InChI is InChI=1S/C28H37ClN6O3/c1-18-15-24(37)26-25(18)27(32-17-31-26)34-11-13-35(14-12-34)28(38)23(20-3-5-21(29)6-4-20)16-30-22-7-9-33(10-8-22)19(2)36/h3-6,17-18,22-24,30,37H,7-16H2,1-2H3/t18-,23-,24-/m1/s1. The number of nitrogens with one attached hydrogen (secondary N) is 1. The first-order chi connectivity index (χ1) is 18.3. The minimum absolute atomic E-state index is 0.109. The van der Waals surface area contributed by atoms with Crippen LogP contribution in [0.5, 0.6) is 0 Å². The van der Waals surface area contributed by atoms with E-state index in [-0.39, 0.29) is 29.7 Å². The molecular formula is C28H37ClN6O3. The molecule has 2 aliphatic heterocycles. The first-order valence-corrected chi connectivity index (χ1v) is 14.0. The van der Waals surface area contributed by atoms with Gasteiger partial charge in [-0.25, -0.2) is 9.97 Å². The van der Waals surface area contributed by atoms with Gasteiger partial charge in [0.1, 0.15) is 12.1 Å². The molecule has 2 N–H and O–H groups in total. The van der Waals surface area contributed by atoms with Crippen molar-refractivity contribution in [3.63, 3.8) is 0 Å². The summed E-state index contributed by atoms with van der Waals surface area (Å²) < 4.78 is 0. The van der Waals surface area contributed by atoms with Crippen LogP contribution in [0.3, 0.4) is 0 Å². The van der Waals surface area contributed by atoms with E-state index in [0.29, 0.717) is 44.2 Å². The number of benzene rings is 1. The lowest BCUT2D eigenvalue weighted by atomic mass is 9.95. The Kier molecular flexibility index (Phi) is 8.16. The Morgan fingerprint density at radius 3 is 2.39 bits per heavy atom. The maximum Gasteiger partial charge on any atom is 0.231 e. The molecule has 38 heavy (non-hydrogen) atoms. The second-order valence-electron chi connectivity index (χ2n) is 10.8. The maximum atomic E-state index is 13.8. The zero-order valence-corrected chi connectivity index (χ0v) is 22.9. The van der Waals surface area contributed by atoms with Crippen LogP contribution in [0.25, 0.3) is 0 Å². The van der Waals surface area contributed by atoms with Gasteiger partial charge in [-0.2, -0.15) is 0 Å². The molecule has 1 aromatic heterocycles. The van der Waals surface area contributed by atoms with E-state index in [0.717, 1.165) is 48.6 Å². The molecule has 0 unspecified atom stereocenters. The lowest BCUT2D eigenvalue weighted by Gasteiger charge is -2.38. The molecule has 204 valence electrons. The Bertz CT molecular complexity index is 1150. The number of halogens is 1. The Labute approximate surface area is 229 Å². The van der Waals surface area contributed by atoms with Crippen molar-refractivity contribution in [2.75, 3.05) is 50.7 Å². The largest absolute Gasteiger partial charge is 0.387 e. The minimum atomic E-state index is -0.535. The van der Waals surface area contributed by atoms with Crippen molar-refractivity contribution < 1.29 is 14.7 Å². The quantitative estimate of drug-likeness (QED) is 0.581. The fourth-order valence-corrected chi connectivity index (χ4v) is 6.16. The first kappa shape index (κ1) is 26.8. The summed E-state index contributed by atoms with van der Waals surface area (Å²) in [5, 5.41) is 14.6. The number of rotatable bonds is 6. The summed E-state index contributed by atoms with van der Waals surface area (Å²) in [5.74, 6) is 1.01. The molecule has 2 saturated heterocycles. The van der Waals surface area contributed by atoms with Crippen LogP contribution in [0.2, 0.25) is 5.02 Å². The molecule has 2 fully saturated rings. The number of piperazine rings is 1. The minimum Gasteiger partial charge on any atom is -0.387 e. The molecule has 0 saturated carbocycles. The lowest BCUT2D eigenvalue weighted by molar-refractivity contribution is -0.133. The molecule has 10 heteroatoms.